The van der Waals surface area contributed by atoms with Crippen molar-refractivity contribution in [3.63, 3.8) is 0 Å². The molecule has 2 aliphatic rings. The number of amides is 2. The molecule has 4 nitrogen and oxygen atoms in total. The van der Waals surface area contributed by atoms with Gasteiger partial charge in [-0.2, -0.15) is 0 Å². The zero-order valence-electron chi connectivity index (χ0n) is 18.1. The van der Waals surface area contributed by atoms with Crippen molar-refractivity contribution in [3.8, 4) is 16.9 Å². The van der Waals surface area contributed by atoms with Crippen molar-refractivity contribution in [2.24, 2.45) is 0 Å². The number of fused-ring (bicyclic) bond motifs is 1. The van der Waals surface area contributed by atoms with Crippen LogP contribution in [0.4, 0.5) is 4.79 Å². The van der Waals surface area contributed by atoms with Crippen LogP contribution in [0, 0.1) is 6.92 Å². The predicted molar refractivity (Wildman–Crippen MR) is 123 cm³/mol. The summed E-state index contributed by atoms with van der Waals surface area (Å²) in [5, 5.41) is 12.7. The monoisotopic (exact) mass is 421 g/mol. The molecule has 2 aromatic rings. The number of carbonyl (C=O) groups is 2. The van der Waals surface area contributed by atoms with Crippen LogP contribution >= 0.6 is 11.8 Å². The van der Waals surface area contributed by atoms with E-state index in [0.29, 0.717) is 10.5 Å². The molecule has 0 bridgehead atoms. The maximum absolute atomic E-state index is 11.8. The Morgan fingerprint density at radius 2 is 1.60 bits per heavy atom. The summed E-state index contributed by atoms with van der Waals surface area (Å²) in [4.78, 5) is 23.5. The van der Waals surface area contributed by atoms with Gasteiger partial charge in [0.15, 0.2) is 0 Å². The van der Waals surface area contributed by atoms with Crippen LogP contribution in [0.3, 0.4) is 0 Å². The van der Waals surface area contributed by atoms with E-state index in [-0.39, 0.29) is 21.8 Å². The van der Waals surface area contributed by atoms with Gasteiger partial charge in [-0.3, -0.25) is 14.9 Å². The number of hydrogen-bond acceptors (Lipinski definition) is 4. The van der Waals surface area contributed by atoms with E-state index in [9.17, 15) is 14.7 Å². The van der Waals surface area contributed by atoms with E-state index in [0.717, 1.165) is 41.3 Å². The van der Waals surface area contributed by atoms with Crippen molar-refractivity contribution < 1.29 is 14.7 Å². The summed E-state index contributed by atoms with van der Waals surface area (Å²) in [6, 6.07) is 9.93. The van der Waals surface area contributed by atoms with Crippen molar-refractivity contribution in [1.82, 2.24) is 5.32 Å². The minimum absolute atomic E-state index is 0.0902. The smallest absolute Gasteiger partial charge is 0.290 e. The van der Waals surface area contributed by atoms with E-state index in [4.69, 9.17) is 0 Å². The number of imide groups is 1. The van der Waals surface area contributed by atoms with E-state index in [2.05, 4.69) is 52.1 Å². The second-order valence-electron chi connectivity index (χ2n) is 9.61. The molecule has 2 N–H and O–H groups in total. The first-order valence-electron chi connectivity index (χ1n) is 10.2. The van der Waals surface area contributed by atoms with Gasteiger partial charge in [0.25, 0.3) is 11.1 Å². The molecule has 0 unspecified atom stereocenters. The number of aryl methyl sites for hydroxylation is 1. The van der Waals surface area contributed by atoms with E-state index < -0.39 is 5.91 Å². The van der Waals surface area contributed by atoms with Crippen LogP contribution in [0.5, 0.6) is 5.75 Å². The maximum Gasteiger partial charge on any atom is 0.290 e. The molecule has 0 saturated carbocycles. The van der Waals surface area contributed by atoms with Gasteiger partial charge < -0.3 is 5.11 Å². The first-order valence-corrected chi connectivity index (χ1v) is 11.0. The minimum Gasteiger partial charge on any atom is -0.507 e. The van der Waals surface area contributed by atoms with Crippen LogP contribution in [-0.4, -0.2) is 16.3 Å². The van der Waals surface area contributed by atoms with E-state index >= 15 is 0 Å². The third-order valence-corrected chi connectivity index (χ3v) is 7.26. The zero-order valence-corrected chi connectivity index (χ0v) is 18.9. The molecular weight excluding hydrogens is 394 g/mol. The van der Waals surface area contributed by atoms with Gasteiger partial charge >= 0.3 is 0 Å². The molecule has 4 rings (SSSR count). The summed E-state index contributed by atoms with van der Waals surface area (Å²) in [6.07, 6.45) is 3.92. The van der Waals surface area contributed by atoms with E-state index in [1.54, 1.807) is 12.1 Å². The Morgan fingerprint density at radius 1 is 0.967 bits per heavy atom. The highest BCUT2D eigenvalue weighted by molar-refractivity contribution is 8.18. The first-order chi connectivity index (χ1) is 14.0. The van der Waals surface area contributed by atoms with Gasteiger partial charge in [0.2, 0.25) is 0 Å². The molecule has 5 heteroatoms. The molecule has 1 aliphatic heterocycles. The summed E-state index contributed by atoms with van der Waals surface area (Å²) >= 11 is 0.872. The SMILES string of the molecule is Cc1cc2c(cc1-c1ccc(/C=C3/SC(=O)NC3=O)cc1O)C(C)(C)CCC2(C)C. The van der Waals surface area contributed by atoms with Gasteiger partial charge in [-0.15, -0.1) is 0 Å². The normalized spacial score (nSPS) is 20.9. The molecule has 2 aromatic carbocycles. The van der Waals surface area contributed by atoms with E-state index in [1.807, 2.05) is 12.1 Å². The fourth-order valence-electron chi connectivity index (χ4n) is 4.45. The van der Waals surface area contributed by atoms with Gasteiger partial charge in [0.05, 0.1) is 4.91 Å². The molecular formula is C25H27NO3S. The van der Waals surface area contributed by atoms with Crippen molar-refractivity contribution in [2.75, 3.05) is 0 Å². The second-order valence-corrected chi connectivity index (χ2v) is 10.6. The Morgan fingerprint density at radius 3 is 2.17 bits per heavy atom. The average Bonchev–Trinajstić information content (AvgIpc) is 2.96. The third-order valence-electron chi connectivity index (χ3n) is 6.45. The second kappa shape index (κ2) is 7.02. The number of rotatable bonds is 2. The largest absolute Gasteiger partial charge is 0.507 e. The summed E-state index contributed by atoms with van der Waals surface area (Å²) < 4.78 is 0. The van der Waals surface area contributed by atoms with Gasteiger partial charge in [-0.25, -0.2) is 0 Å². The summed E-state index contributed by atoms with van der Waals surface area (Å²) in [7, 11) is 0. The molecule has 1 heterocycles. The average molecular weight is 422 g/mol. The van der Waals surface area contributed by atoms with Crippen LogP contribution in [0.2, 0.25) is 0 Å². The molecule has 156 valence electrons. The number of nitrogens with one attached hydrogen (secondary N) is 1. The van der Waals surface area contributed by atoms with Crippen molar-refractivity contribution >= 4 is 29.0 Å². The number of phenols is 1. The fourth-order valence-corrected chi connectivity index (χ4v) is 5.13. The molecule has 1 fully saturated rings. The van der Waals surface area contributed by atoms with Gasteiger partial charge in [0, 0.05) is 5.56 Å². The predicted octanol–water partition coefficient (Wildman–Crippen LogP) is 6.04. The van der Waals surface area contributed by atoms with Gasteiger partial charge in [-0.05, 0) is 88.4 Å². The van der Waals surface area contributed by atoms with Crippen LogP contribution in [-0.2, 0) is 15.6 Å². The number of benzene rings is 2. The Labute approximate surface area is 181 Å². The Bertz CT molecular complexity index is 1110. The number of carbonyl (C=O) groups excluding carboxylic acids is 2. The Balaban J connectivity index is 1.77. The van der Waals surface area contributed by atoms with Crippen LogP contribution in [0.25, 0.3) is 17.2 Å². The Hall–Kier alpha value is -2.53. The number of phenolic OH excluding ortho intramolecular Hbond substituents is 1. The zero-order chi connectivity index (χ0) is 21.8. The molecule has 1 aliphatic carbocycles. The lowest BCUT2D eigenvalue weighted by Crippen LogP contribution is -2.34. The van der Waals surface area contributed by atoms with Crippen molar-refractivity contribution in [3.05, 3.63) is 57.5 Å². The lowest BCUT2D eigenvalue weighted by atomic mass is 9.62. The highest BCUT2D eigenvalue weighted by atomic mass is 32.2. The lowest BCUT2D eigenvalue weighted by molar-refractivity contribution is -0.115. The lowest BCUT2D eigenvalue weighted by Gasteiger charge is -2.42. The molecule has 0 spiro atoms. The molecule has 0 atom stereocenters. The van der Waals surface area contributed by atoms with Crippen LogP contribution in [0.15, 0.2) is 35.2 Å². The third kappa shape index (κ3) is 3.56. The van der Waals surface area contributed by atoms with Crippen LogP contribution < -0.4 is 5.32 Å². The number of thioether (sulfide) groups is 1. The summed E-state index contributed by atoms with van der Waals surface area (Å²) in [5.41, 5.74) is 6.60. The van der Waals surface area contributed by atoms with Crippen LogP contribution in [0.1, 0.15) is 62.8 Å². The number of aromatic hydroxyl groups is 1. The summed E-state index contributed by atoms with van der Waals surface area (Å²) in [6.45, 7) is 11.3. The minimum atomic E-state index is -0.399. The summed E-state index contributed by atoms with van der Waals surface area (Å²) in [5.74, 6) is -0.237. The fraction of sp³-hybridized carbons (Fsp3) is 0.360. The molecule has 30 heavy (non-hydrogen) atoms. The first kappa shape index (κ1) is 20.7. The maximum atomic E-state index is 11.8. The van der Waals surface area contributed by atoms with Crippen molar-refractivity contribution in [1.29, 1.82) is 0 Å². The standard InChI is InChI=1S/C25H27NO3S/c1-14-10-18-19(25(4,5)9-8-24(18,2)3)13-17(14)16-7-6-15(11-20(16)27)12-21-22(28)26-23(29)30-21/h6-7,10-13,27H,8-9H2,1-5H3,(H,26,28,29)/b21-12+. The quantitative estimate of drug-likeness (QED) is 0.580. The van der Waals surface area contributed by atoms with Gasteiger partial charge in [-0.1, -0.05) is 45.9 Å². The van der Waals surface area contributed by atoms with Gasteiger partial charge in [0.1, 0.15) is 5.75 Å². The highest BCUT2D eigenvalue weighted by Gasteiger charge is 2.37. The molecule has 2 amide bonds. The molecule has 0 radical (unpaired) electrons. The van der Waals surface area contributed by atoms with Crippen molar-refractivity contribution in [2.45, 2.75) is 58.3 Å². The Kier molecular flexibility index (Phi) is 4.85. The topological polar surface area (TPSA) is 66.4 Å². The molecule has 0 aromatic heterocycles. The number of hydrogen-bond donors (Lipinski definition) is 2. The van der Waals surface area contributed by atoms with E-state index in [1.165, 1.54) is 11.1 Å². The molecule has 1 saturated heterocycles. The highest BCUT2D eigenvalue weighted by Crippen LogP contribution is 2.48.